The number of hydrogen-bond acceptors (Lipinski definition) is 4. The van der Waals surface area contributed by atoms with Crippen molar-refractivity contribution in [2.75, 3.05) is 27.2 Å². The number of aromatic nitrogens is 2. The summed E-state index contributed by atoms with van der Waals surface area (Å²) in [4.78, 5) is 17.9. The molecule has 0 N–H and O–H groups in total. The molecule has 0 aliphatic carbocycles. The second kappa shape index (κ2) is 9.88. The van der Waals surface area contributed by atoms with E-state index < -0.39 is 0 Å². The Kier molecular flexibility index (Phi) is 6.75. The molecule has 6 nitrogen and oxygen atoms in total. The molecule has 4 aromatic rings. The first-order valence-electron chi connectivity index (χ1n) is 11.1. The smallest absolute Gasteiger partial charge is 0.272 e. The van der Waals surface area contributed by atoms with E-state index in [4.69, 9.17) is 9.52 Å². The van der Waals surface area contributed by atoms with Gasteiger partial charge in [-0.15, -0.1) is 0 Å². The van der Waals surface area contributed by atoms with E-state index in [-0.39, 0.29) is 5.91 Å². The van der Waals surface area contributed by atoms with Crippen molar-refractivity contribution >= 4 is 5.91 Å². The number of likely N-dealkylation sites (N-methyl/N-ethyl adjacent to an activating group) is 1. The standard InChI is InChI=1S/C27H30N4O2/c1-20-12-13-24(21(2)17-20)31-25(18-23(28-31)26-11-8-16-33-26)27(32)30(15-14-29(3)4)19-22-9-6-5-7-10-22/h5-13,16-18H,14-15,19H2,1-4H3. The van der Waals surface area contributed by atoms with Crippen molar-refractivity contribution in [3.05, 3.63) is 95.4 Å². The van der Waals surface area contributed by atoms with Crippen LogP contribution in [0.2, 0.25) is 0 Å². The van der Waals surface area contributed by atoms with Crippen LogP contribution in [-0.2, 0) is 6.54 Å². The van der Waals surface area contributed by atoms with Crippen molar-refractivity contribution in [3.8, 4) is 17.1 Å². The second-order valence-corrected chi connectivity index (χ2v) is 8.61. The molecule has 0 aliphatic heterocycles. The van der Waals surface area contributed by atoms with Gasteiger partial charge in [-0.3, -0.25) is 4.79 Å². The Morgan fingerprint density at radius 2 is 1.76 bits per heavy atom. The molecule has 0 saturated carbocycles. The number of nitrogens with zero attached hydrogens (tertiary/aromatic N) is 4. The van der Waals surface area contributed by atoms with Crippen LogP contribution in [-0.4, -0.2) is 52.7 Å². The lowest BCUT2D eigenvalue weighted by Crippen LogP contribution is -2.37. The maximum Gasteiger partial charge on any atom is 0.272 e. The first-order chi connectivity index (χ1) is 15.9. The Balaban J connectivity index is 1.77. The van der Waals surface area contributed by atoms with Gasteiger partial charge in [-0.05, 0) is 57.3 Å². The zero-order valence-electron chi connectivity index (χ0n) is 19.7. The molecular weight excluding hydrogens is 412 g/mol. The summed E-state index contributed by atoms with van der Waals surface area (Å²) in [5, 5.41) is 4.78. The van der Waals surface area contributed by atoms with Crippen LogP contribution in [0.1, 0.15) is 27.2 Å². The van der Waals surface area contributed by atoms with E-state index in [1.54, 1.807) is 10.9 Å². The van der Waals surface area contributed by atoms with Gasteiger partial charge in [-0.2, -0.15) is 5.10 Å². The number of amides is 1. The van der Waals surface area contributed by atoms with Gasteiger partial charge >= 0.3 is 0 Å². The van der Waals surface area contributed by atoms with Gasteiger partial charge in [-0.1, -0.05) is 48.0 Å². The van der Waals surface area contributed by atoms with Crippen molar-refractivity contribution in [2.24, 2.45) is 0 Å². The molecule has 0 radical (unpaired) electrons. The quantitative estimate of drug-likeness (QED) is 0.387. The van der Waals surface area contributed by atoms with Gasteiger partial charge < -0.3 is 14.2 Å². The Bertz CT molecular complexity index is 1210. The molecule has 6 heteroatoms. The van der Waals surface area contributed by atoms with Gasteiger partial charge in [-0.25, -0.2) is 4.68 Å². The molecule has 0 unspecified atom stereocenters. The van der Waals surface area contributed by atoms with Gasteiger partial charge in [0.2, 0.25) is 0 Å². The number of carbonyl (C=O) groups is 1. The average molecular weight is 443 g/mol. The van der Waals surface area contributed by atoms with Crippen LogP contribution in [0.15, 0.2) is 77.4 Å². The van der Waals surface area contributed by atoms with Crippen LogP contribution < -0.4 is 0 Å². The van der Waals surface area contributed by atoms with E-state index in [9.17, 15) is 4.79 Å². The minimum absolute atomic E-state index is 0.0639. The van der Waals surface area contributed by atoms with Crippen molar-refractivity contribution in [3.63, 3.8) is 0 Å². The largest absolute Gasteiger partial charge is 0.463 e. The van der Waals surface area contributed by atoms with E-state index in [0.29, 0.717) is 30.2 Å². The number of carbonyl (C=O) groups excluding carboxylic acids is 1. The molecule has 0 atom stereocenters. The topological polar surface area (TPSA) is 54.5 Å². The highest BCUT2D eigenvalue weighted by atomic mass is 16.3. The highest BCUT2D eigenvalue weighted by molar-refractivity contribution is 5.94. The summed E-state index contributed by atoms with van der Waals surface area (Å²) in [7, 11) is 4.03. The first-order valence-corrected chi connectivity index (χ1v) is 11.1. The fraction of sp³-hybridized carbons (Fsp3) is 0.259. The SMILES string of the molecule is Cc1ccc(-n2nc(-c3ccco3)cc2C(=O)N(CCN(C)C)Cc2ccccc2)c(C)c1. The van der Waals surface area contributed by atoms with Crippen molar-refractivity contribution in [1.82, 2.24) is 19.6 Å². The number of hydrogen-bond donors (Lipinski definition) is 0. The molecule has 2 aromatic carbocycles. The number of furan rings is 1. The van der Waals surface area contributed by atoms with Crippen LogP contribution in [0.5, 0.6) is 0 Å². The van der Waals surface area contributed by atoms with Gasteiger partial charge in [0.25, 0.3) is 5.91 Å². The molecule has 0 spiro atoms. The summed E-state index contributed by atoms with van der Waals surface area (Å²) in [6.07, 6.45) is 1.62. The predicted molar refractivity (Wildman–Crippen MR) is 130 cm³/mol. The fourth-order valence-electron chi connectivity index (χ4n) is 3.84. The monoisotopic (exact) mass is 442 g/mol. The Labute approximate surface area is 195 Å². The Hall–Kier alpha value is -3.64. The molecule has 2 aromatic heterocycles. The average Bonchev–Trinajstić information content (AvgIpc) is 3.47. The van der Waals surface area contributed by atoms with Gasteiger partial charge in [0.15, 0.2) is 5.76 Å². The molecular formula is C27H30N4O2. The molecule has 4 rings (SSSR count). The maximum atomic E-state index is 13.9. The Morgan fingerprint density at radius 1 is 0.970 bits per heavy atom. The van der Waals surface area contributed by atoms with Crippen LogP contribution >= 0.6 is 0 Å². The zero-order chi connectivity index (χ0) is 23.4. The van der Waals surface area contributed by atoms with E-state index in [1.165, 1.54) is 5.56 Å². The van der Waals surface area contributed by atoms with Crippen LogP contribution in [0.3, 0.4) is 0 Å². The summed E-state index contributed by atoms with van der Waals surface area (Å²) in [6, 6.07) is 21.7. The maximum absolute atomic E-state index is 13.9. The number of aryl methyl sites for hydroxylation is 2. The third-order valence-electron chi connectivity index (χ3n) is 5.60. The molecule has 0 fully saturated rings. The van der Waals surface area contributed by atoms with Crippen LogP contribution in [0.25, 0.3) is 17.1 Å². The lowest BCUT2D eigenvalue weighted by Gasteiger charge is -2.25. The summed E-state index contributed by atoms with van der Waals surface area (Å²) >= 11 is 0. The summed E-state index contributed by atoms with van der Waals surface area (Å²) in [5.41, 5.74) is 5.35. The third-order valence-corrected chi connectivity index (χ3v) is 5.60. The third kappa shape index (κ3) is 5.23. The Morgan fingerprint density at radius 3 is 2.42 bits per heavy atom. The van der Waals surface area contributed by atoms with Crippen molar-refractivity contribution < 1.29 is 9.21 Å². The molecule has 170 valence electrons. The lowest BCUT2D eigenvalue weighted by atomic mass is 10.1. The zero-order valence-corrected chi connectivity index (χ0v) is 19.7. The molecule has 0 bridgehead atoms. The van der Waals surface area contributed by atoms with E-state index in [0.717, 1.165) is 23.4 Å². The molecule has 1 amide bonds. The van der Waals surface area contributed by atoms with Gasteiger partial charge in [0.1, 0.15) is 11.4 Å². The second-order valence-electron chi connectivity index (χ2n) is 8.61. The van der Waals surface area contributed by atoms with Gasteiger partial charge in [0, 0.05) is 25.7 Å². The molecule has 0 saturated heterocycles. The molecule has 2 heterocycles. The highest BCUT2D eigenvalue weighted by Crippen LogP contribution is 2.25. The van der Waals surface area contributed by atoms with Crippen LogP contribution in [0, 0.1) is 13.8 Å². The summed E-state index contributed by atoms with van der Waals surface area (Å²) in [6.45, 7) is 6.00. The minimum Gasteiger partial charge on any atom is -0.463 e. The fourth-order valence-corrected chi connectivity index (χ4v) is 3.84. The first kappa shape index (κ1) is 22.6. The molecule has 0 aliphatic rings. The number of rotatable bonds is 8. The van der Waals surface area contributed by atoms with Crippen LogP contribution in [0.4, 0.5) is 0 Å². The van der Waals surface area contributed by atoms with E-state index in [2.05, 4.69) is 17.9 Å². The van der Waals surface area contributed by atoms with E-state index in [1.807, 2.05) is 86.6 Å². The predicted octanol–water partition coefficient (Wildman–Crippen LogP) is 4.95. The minimum atomic E-state index is -0.0639. The van der Waals surface area contributed by atoms with Crippen molar-refractivity contribution in [2.45, 2.75) is 20.4 Å². The highest BCUT2D eigenvalue weighted by Gasteiger charge is 2.24. The van der Waals surface area contributed by atoms with Gasteiger partial charge in [0.05, 0.1) is 12.0 Å². The summed E-state index contributed by atoms with van der Waals surface area (Å²) < 4.78 is 7.33. The van der Waals surface area contributed by atoms with Crippen molar-refractivity contribution in [1.29, 1.82) is 0 Å². The normalized spacial score (nSPS) is 11.2. The lowest BCUT2D eigenvalue weighted by molar-refractivity contribution is 0.0722. The summed E-state index contributed by atoms with van der Waals surface area (Å²) in [5.74, 6) is 0.571. The van der Waals surface area contributed by atoms with E-state index >= 15 is 0 Å². The number of benzene rings is 2. The molecule has 33 heavy (non-hydrogen) atoms.